The van der Waals surface area contributed by atoms with Crippen molar-refractivity contribution in [2.24, 2.45) is 7.05 Å². The molecule has 20 heavy (non-hydrogen) atoms. The minimum Gasteiger partial charge on any atom is -0.309 e. The van der Waals surface area contributed by atoms with Gasteiger partial charge in [-0.1, -0.05) is 6.92 Å². The average molecular weight is 276 g/mol. The van der Waals surface area contributed by atoms with E-state index in [0.29, 0.717) is 6.04 Å². The van der Waals surface area contributed by atoms with E-state index in [2.05, 4.69) is 47.5 Å². The third-order valence-corrected chi connectivity index (χ3v) is 3.29. The fraction of sp³-hybridized carbons (Fsp3) is 0.643. The lowest BCUT2D eigenvalue weighted by atomic mass is 10.1. The molecule has 2 heterocycles. The second-order valence-corrected chi connectivity index (χ2v) is 5.37. The van der Waals surface area contributed by atoms with Crippen molar-refractivity contribution in [3.8, 4) is 0 Å². The molecule has 0 radical (unpaired) electrons. The first-order chi connectivity index (χ1) is 9.61. The Hall–Kier alpha value is -1.69. The molecule has 2 rings (SSSR count). The molecule has 0 aliphatic carbocycles. The zero-order valence-corrected chi connectivity index (χ0v) is 12.7. The van der Waals surface area contributed by atoms with E-state index in [1.54, 1.807) is 6.33 Å². The van der Waals surface area contributed by atoms with Crippen LogP contribution in [0.5, 0.6) is 0 Å². The van der Waals surface area contributed by atoms with Crippen molar-refractivity contribution in [2.45, 2.75) is 45.7 Å². The highest BCUT2D eigenvalue weighted by atomic mass is 15.3. The number of hydrogen-bond donors (Lipinski definition) is 1. The van der Waals surface area contributed by atoms with E-state index in [1.165, 1.54) is 5.56 Å². The summed E-state index contributed by atoms with van der Waals surface area (Å²) in [4.78, 5) is 4.40. The molecule has 110 valence electrons. The van der Waals surface area contributed by atoms with Gasteiger partial charge in [-0.3, -0.25) is 4.68 Å². The molecule has 0 amide bonds. The van der Waals surface area contributed by atoms with E-state index in [9.17, 15) is 0 Å². The van der Waals surface area contributed by atoms with E-state index in [4.69, 9.17) is 0 Å². The van der Waals surface area contributed by atoms with Gasteiger partial charge in [-0.15, -0.1) is 0 Å². The van der Waals surface area contributed by atoms with Crippen molar-refractivity contribution in [3.63, 3.8) is 0 Å². The third-order valence-electron chi connectivity index (χ3n) is 3.29. The zero-order chi connectivity index (χ0) is 14.5. The monoisotopic (exact) mass is 276 g/mol. The van der Waals surface area contributed by atoms with Crippen molar-refractivity contribution in [1.29, 1.82) is 0 Å². The lowest BCUT2D eigenvalue weighted by Gasteiger charge is -2.18. The highest BCUT2D eigenvalue weighted by Gasteiger charge is 2.17. The number of aryl methyl sites for hydroxylation is 1. The van der Waals surface area contributed by atoms with Gasteiger partial charge >= 0.3 is 0 Å². The summed E-state index contributed by atoms with van der Waals surface area (Å²) in [5.41, 5.74) is 1.19. The van der Waals surface area contributed by atoms with Crippen LogP contribution >= 0.6 is 0 Å². The summed E-state index contributed by atoms with van der Waals surface area (Å²) >= 11 is 0. The van der Waals surface area contributed by atoms with Crippen molar-refractivity contribution < 1.29 is 0 Å². The predicted molar refractivity (Wildman–Crippen MR) is 78.4 cm³/mol. The molecule has 1 atom stereocenters. The lowest BCUT2D eigenvalue weighted by molar-refractivity contribution is 0.463. The van der Waals surface area contributed by atoms with Crippen LogP contribution in [0, 0.1) is 0 Å². The van der Waals surface area contributed by atoms with Crippen LogP contribution in [-0.4, -0.2) is 31.1 Å². The Balaban J connectivity index is 2.17. The minimum absolute atomic E-state index is 0.227. The second kappa shape index (κ2) is 6.65. The highest BCUT2D eigenvalue weighted by molar-refractivity contribution is 5.12. The van der Waals surface area contributed by atoms with E-state index >= 15 is 0 Å². The molecule has 0 saturated carbocycles. The van der Waals surface area contributed by atoms with Crippen molar-refractivity contribution in [1.82, 2.24) is 29.9 Å². The Morgan fingerprint density at radius 2 is 2.10 bits per heavy atom. The third kappa shape index (κ3) is 3.45. The molecule has 2 aromatic rings. The number of aromatic nitrogens is 5. The van der Waals surface area contributed by atoms with Gasteiger partial charge < -0.3 is 5.32 Å². The van der Waals surface area contributed by atoms with E-state index in [-0.39, 0.29) is 6.04 Å². The summed E-state index contributed by atoms with van der Waals surface area (Å²) in [6, 6.07) is 0.554. The summed E-state index contributed by atoms with van der Waals surface area (Å²) in [5.74, 6) is 1.01. The Labute approximate surface area is 120 Å². The number of rotatable bonds is 7. The molecular formula is C14H24N6. The molecular weight excluding hydrogens is 252 g/mol. The molecule has 0 saturated heterocycles. The predicted octanol–water partition coefficient (Wildman–Crippen LogP) is 1.88. The normalized spacial score (nSPS) is 13.1. The van der Waals surface area contributed by atoms with Gasteiger partial charge in [0.1, 0.15) is 12.2 Å². The van der Waals surface area contributed by atoms with Gasteiger partial charge in [0, 0.05) is 37.3 Å². The maximum Gasteiger partial charge on any atom is 0.138 e. The average Bonchev–Trinajstić information content (AvgIpc) is 3.03. The van der Waals surface area contributed by atoms with Crippen LogP contribution < -0.4 is 5.32 Å². The zero-order valence-electron chi connectivity index (χ0n) is 12.7. The number of nitrogens with one attached hydrogen (secondary N) is 1. The van der Waals surface area contributed by atoms with Gasteiger partial charge in [0.05, 0.1) is 6.20 Å². The summed E-state index contributed by atoms with van der Waals surface area (Å²) in [6.45, 7) is 7.40. The SMILES string of the molecule is CCCNC(Cc1ncnn1C(C)C)c1cnn(C)c1. The van der Waals surface area contributed by atoms with Crippen LogP contribution in [0.4, 0.5) is 0 Å². The van der Waals surface area contributed by atoms with Crippen LogP contribution in [0.25, 0.3) is 0 Å². The molecule has 0 bridgehead atoms. The topological polar surface area (TPSA) is 60.6 Å². The first-order valence-electron chi connectivity index (χ1n) is 7.22. The van der Waals surface area contributed by atoms with E-state index < -0.39 is 0 Å². The van der Waals surface area contributed by atoms with Gasteiger partial charge in [0.25, 0.3) is 0 Å². The van der Waals surface area contributed by atoms with E-state index in [0.717, 1.165) is 25.2 Å². The fourth-order valence-corrected chi connectivity index (χ4v) is 2.28. The van der Waals surface area contributed by atoms with Crippen molar-refractivity contribution >= 4 is 0 Å². The van der Waals surface area contributed by atoms with Crippen LogP contribution in [0.3, 0.4) is 0 Å². The largest absolute Gasteiger partial charge is 0.309 e. The Morgan fingerprint density at radius 3 is 2.70 bits per heavy atom. The standard InChI is InChI=1S/C14H24N6/c1-5-6-15-13(12-8-17-19(4)9-12)7-14-16-10-18-20(14)11(2)3/h8-11,13,15H,5-7H2,1-4H3. The van der Waals surface area contributed by atoms with E-state index in [1.807, 2.05) is 22.6 Å². The van der Waals surface area contributed by atoms with Crippen LogP contribution in [0.2, 0.25) is 0 Å². The molecule has 0 aliphatic heterocycles. The number of hydrogen-bond acceptors (Lipinski definition) is 4. The minimum atomic E-state index is 0.227. The van der Waals surface area contributed by atoms with Crippen LogP contribution in [0.15, 0.2) is 18.7 Å². The van der Waals surface area contributed by atoms with Gasteiger partial charge in [0.2, 0.25) is 0 Å². The Bertz CT molecular complexity index is 527. The first-order valence-corrected chi connectivity index (χ1v) is 7.22. The summed E-state index contributed by atoms with van der Waals surface area (Å²) < 4.78 is 3.82. The molecule has 0 aromatic carbocycles. The van der Waals surface area contributed by atoms with Crippen molar-refractivity contribution in [3.05, 3.63) is 30.1 Å². The molecule has 0 spiro atoms. The van der Waals surface area contributed by atoms with Crippen LogP contribution in [-0.2, 0) is 13.5 Å². The molecule has 0 aliphatic rings. The molecule has 0 fully saturated rings. The number of nitrogens with zero attached hydrogens (tertiary/aromatic N) is 5. The molecule has 2 aromatic heterocycles. The Morgan fingerprint density at radius 1 is 1.30 bits per heavy atom. The first kappa shape index (κ1) is 14.7. The highest BCUT2D eigenvalue weighted by Crippen LogP contribution is 2.18. The molecule has 6 heteroatoms. The molecule has 1 unspecified atom stereocenters. The van der Waals surface area contributed by atoms with Gasteiger partial charge in [0.15, 0.2) is 0 Å². The Kier molecular flexibility index (Phi) is 4.89. The van der Waals surface area contributed by atoms with Gasteiger partial charge in [-0.2, -0.15) is 10.2 Å². The van der Waals surface area contributed by atoms with Gasteiger partial charge in [-0.25, -0.2) is 9.67 Å². The summed E-state index contributed by atoms with van der Waals surface area (Å²) in [6.07, 6.45) is 7.54. The second-order valence-electron chi connectivity index (χ2n) is 5.37. The maximum atomic E-state index is 4.40. The van der Waals surface area contributed by atoms with Gasteiger partial charge in [-0.05, 0) is 26.8 Å². The summed E-state index contributed by atoms with van der Waals surface area (Å²) in [7, 11) is 1.94. The molecule has 1 N–H and O–H groups in total. The van der Waals surface area contributed by atoms with Crippen molar-refractivity contribution in [2.75, 3.05) is 6.54 Å². The fourth-order valence-electron chi connectivity index (χ4n) is 2.28. The smallest absolute Gasteiger partial charge is 0.138 e. The molecule has 6 nitrogen and oxygen atoms in total. The van der Waals surface area contributed by atoms with Crippen LogP contribution in [0.1, 0.15) is 50.7 Å². The summed E-state index contributed by atoms with van der Waals surface area (Å²) in [5, 5.41) is 12.1. The lowest BCUT2D eigenvalue weighted by Crippen LogP contribution is -2.25. The maximum absolute atomic E-state index is 4.40. The quantitative estimate of drug-likeness (QED) is 0.838.